The molecule has 0 N–H and O–H groups in total. The van der Waals surface area contributed by atoms with Gasteiger partial charge in [0.1, 0.15) is 0 Å². The molecule has 0 aromatic heterocycles. The summed E-state index contributed by atoms with van der Waals surface area (Å²) in [6.07, 6.45) is 7.56. The topological polar surface area (TPSA) is 9.23 Å². The van der Waals surface area contributed by atoms with Gasteiger partial charge in [-0.3, -0.25) is 0 Å². The van der Waals surface area contributed by atoms with Gasteiger partial charge in [-0.05, 0) is 61.8 Å². The smallest absolute Gasteiger partial charge is 0.0724 e. The SMILES string of the molecule is CCC1=C[C@H]2[C@@H](C(C)C)CC[C@@](C)(OCc3ccccc3)[C@H]2C1. The van der Waals surface area contributed by atoms with E-state index in [2.05, 4.69) is 64.1 Å². The van der Waals surface area contributed by atoms with Crippen LogP contribution in [0.15, 0.2) is 42.0 Å². The minimum absolute atomic E-state index is 0.0271. The zero-order chi connectivity index (χ0) is 16.4. The highest BCUT2D eigenvalue weighted by molar-refractivity contribution is 5.20. The van der Waals surface area contributed by atoms with Crippen LogP contribution in [-0.4, -0.2) is 5.60 Å². The molecule has 1 aromatic carbocycles. The quantitative estimate of drug-likeness (QED) is 0.606. The fraction of sp³-hybridized carbons (Fsp3) is 0.636. The second-order valence-corrected chi connectivity index (χ2v) is 8.10. The predicted octanol–water partition coefficient (Wildman–Crippen LogP) is 6.00. The molecule has 1 saturated carbocycles. The third-order valence-electron chi connectivity index (χ3n) is 6.35. The van der Waals surface area contributed by atoms with Crippen molar-refractivity contribution in [3.8, 4) is 0 Å². The monoisotopic (exact) mass is 312 g/mol. The highest BCUT2D eigenvalue weighted by Crippen LogP contribution is 2.53. The van der Waals surface area contributed by atoms with Crippen molar-refractivity contribution in [3.63, 3.8) is 0 Å². The van der Waals surface area contributed by atoms with Gasteiger partial charge >= 0.3 is 0 Å². The van der Waals surface area contributed by atoms with Crippen molar-refractivity contribution in [3.05, 3.63) is 47.5 Å². The number of fused-ring (bicyclic) bond motifs is 1. The average Bonchev–Trinajstić information content (AvgIpc) is 3.00. The van der Waals surface area contributed by atoms with Crippen LogP contribution in [0.3, 0.4) is 0 Å². The van der Waals surface area contributed by atoms with Crippen LogP contribution in [0.2, 0.25) is 0 Å². The number of hydrogen-bond donors (Lipinski definition) is 0. The van der Waals surface area contributed by atoms with Gasteiger partial charge in [-0.25, -0.2) is 0 Å². The summed E-state index contributed by atoms with van der Waals surface area (Å²) in [5.74, 6) is 2.99. The maximum Gasteiger partial charge on any atom is 0.0724 e. The summed E-state index contributed by atoms with van der Waals surface area (Å²) in [7, 11) is 0. The van der Waals surface area contributed by atoms with E-state index >= 15 is 0 Å². The summed E-state index contributed by atoms with van der Waals surface area (Å²) in [6.45, 7) is 10.2. The molecule has 0 saturated heterocycles. The van der Waals surface area contributed by atoms with Crippen molar-refractivity contribution in [2.45, 2.75) is 65.6 Å². The molecule has 126 valence electrons. The lowest BCUT2D eigenvalue weighted by atomic mass is 9.63. The molecule has 2 aliphatic rings. The van der Waals surface area contributed by atoms with E-state index in [-0.39, 0.29) is 5.60 Å². The molecular weight excluding hydrogens is 280 g/mol. The van der Waals surface area contributed by atoms with Crippen LogP contribution in [0, 0.1) is 23.7 Å². The Morgan fingerprint density at radius 1 is 1.22 bits per heavy atom. The molecule has 23 heavy (non-hydrogen) atoms. The maximum absolute atomic E-state index is 6.56. The van der Waals surface area contributed by atoms with Crippen LogP contribution in [0.4, 0.5) is 0 Å². The zero-order valence-corrected chi connectivity index (χ0v) is 15.2. The molecule has 0 heterocycles. The van der Waals surface area contributed by atoms with Crippen molar-refractivity contribution in [2.75, 3.05) is 0 Å². The first-order chi connectivity index (χ1) is 11.0. The Bertz CT molecular complexity index is 544. The summed E-state index contributed by atoms with van der Waals surface area (Å²) < 4.78 is 6.56. The van der Waals surface area contributed by atoms with Crippen LogP contribution < -0.4 is 0 Å². The molecular formula is C22H32O. The van der Waals surface area contributed by atoms with E-state index in [9.17, 15) is 0 Å². The number of rotatable bonds is 5. The first-order valence-corrected chi connectivity index (χ1v) is 9.41. The molecule has 0 bridgehead atoms. The van der Waals surface area contributed by atoms with Gasteiger partial charge in [-0.15, -0.1) is 0 Å². The van der Waals surface area contributed by atoms with Crippen molar-refractivity contribution in [1.29, 1.82) is 0 Å². The second kappa shape index (κ2) is 6.81. The maximum atomic E-state index is 6.56. The minimum atomic E-state index is 0.0271. The largest absolute Gasteiger partial charge is 0.370 e. The van der Waals surface area contributed by atoms with E-state index in [4.69, 9.17) is 4.74 Å². The predicted molar refractivity (Wildman–Crippen MR) is 97.2 cm³/mol. The molecule has 1 aromatic rings. The van der Waals surface area contributed by atoms with Gasteiger partial charge in [-0.1, -0.05) is 62.8 Å². The summed E-state index contributed by atoms with van der Waals surface area (Å²) >= 11 is 0. The molecule has 1 nitrogen and oxygen atoms in total. The Morgan fingerprint density at radius 2 is 1.96 bits per heavy atom. The van der Waals surface area contributed by atoms with Gasteiger partial charge in [0.05, 0.1) is 12.2 Å². The number of allylic oxidation sites excluding steroid dienone is 2. The van der Waals surface area contributed by atoms with Crippen molar-refractivity contribution < 1.29 is 4.74 Å². The van der Waals surface area contributed by atoms with Gasteiger partial charge in [0, 0.05) is 0 Å². The van der Waals surface area contributed by atoms with Crippen molar-refractivity contribution in [1.82, 2.24) is 0 Å². The summed E-state index contributed by atoms with van der Waals surface area (Å²) in [6, 6.07) is 10.6. The van der Waals surface area contributed by atoms with Crippen LogP contribution in [0.25, 0.3) is 0 Å². The Labute approximate surface area is 142 Å². The second-order valence-electron chi connectivity index (χ2n) is 8.10. The highest BCUT2D eigenvalue weighted by Gasteiger charge is 2.49. The first-order valence-electron chi connectivity index (χ1n) is 9.41. The molecule has 0 radical (unpaired) electrons. The van der Waals surface area contributed by atoms with Crippen molar-refractivity contribution in [2.24, 2.45) is 23.7 Å². The van der Waals surface area contributed by atoms with Crippen LogP contribution in [0.5, 0.6) is 0 Å². The fourth-order valence-corrected chi connectivity index (χ4v) is 4.79. The van der Waals surface area contributed by atoms with Crippen LogP contribution in [-0.2, 0) is 11.3 Å². The van der Waals surface area contributed by atoms with Gasteiger partial charge in [0.25, 0.3) is 0 Å². The molecule has 1 heteroatoms. The normalized spacial score (nSPS) is 33.6. The molecule has 0 amide bonds. The molecule has 0 unspecified atom stereocenters. The van der Waals surface area contributed by atoms with E-state index in [1.807, 2.05) is 0 Å². The van der Waals surface area contributed by atoms with E-state index in [0.717, 1.165) is 24.4 Å². The van der Waals surface area contributed by atoms with Crippen LogP contribution >= 0.6 is 0 Å². The Kier molecular flexibility index (Phi) is 4.96. The van der Waals surface area contributed by atoms with E-state index in [1.165, 1.54) is 31.2 Å². The van der Waals surface area contributed by atoms with Crippen molar-refractivity contribution >= 4 is 0 Å². The van der Waals surface area contributed by atoms with Gasteiger partial charge in [0.2, 0.25) is 0 Å². The summed E-state index contributed by atoms with van der Waals surface area (Å²) in [5.41, 5.74) is 2.97. The van der Waals surface area contributed by atoms with E-state index in [0.29, 0.717) is 5.92 Å². The summed E-state index contributed by atoms with van der Waals surface area (Å²) in [4.78, 5) is 0. The lowest BCUT2D eigenvalue weighted by Crippen LogP contribution is -2.47. The average molecular weight is 312 g/mol. The third-order valence-corrected chi connectivity index (χ3v) is 6.35. The van der Waals surface area contributed by atoms with Gasteiger partial charge < -0.3 is 4.74 Å². The fourth-order valence-electron chi connectivity index (χ4n) is 4.79. The molecule has 3 rings (SSSR count). The number of benzene rings is 1. The van der Waals surface area contributed by atoms with Crippen LogP contribution in [0.1, 0.15) is 58.9 Å². The van der Waals surface area contributed by atoms with Gasteiger partial charge in [-0.2, -0.15) is 0 Å². The zero-order valence-electron chi connectivity index (χ0n) is 15.2. The lowest BCUT2D eigenvalue weighted by molar-refractivity contribution is -0.128. The Morgan fingerprint density at radius 3 is 2.61 bits per heavy atom. The lowest BCUT2D eigenvalue weighted by Gasteiger charge is -2.48. The van der Waals surface area contributed by atoms with E-state index in [1.54, 1.807) is 5.57 Å². The molecule has 0 aliphatic heterocycles. The highest BCUT2D eigenvalue weighted by atomic mass is 16.5. The molecule has 4 atom stereocenters. The summed E-state index contributed by atoms with van der Waals surface area (Å²) in [5, 5.41) is 0. The van der Waals surface area contributed by atoms with Gasteiger partial charge in [0.15, 0.2) is 0 Å². The molecule has 1 fully saturated rings. The number of ether oxygens (including phenoxy) is 1. The Hall–Kier alpha value is -1.08. The first kappa shape index (κ1) is 16.8. The third kappa shape index (κ3) is 3.40. The molecule has 0 spiro atoms. The van der Waals surface area contributed by atoms with E-state index < -0.39 is 0 Å². The minimum Gasteiger partial charge on any atom is -0.370 e. The number of hydrogen-bond acceptors (Lipinski definition) is 1. The molecule has 2 aliphatic carbocycles. The Balaban J connectivity index is 1.75. The standard InChI is InChI=1S/C22H32O/c1-5-17-13-20-19(16(2)3)11-12-22(4,21(20)14-17)23-15-18-9-7-6-8-10-18/h6-10,13,16,19-21H,5,11-12,14-15H2,1-4H3/t19-,20+,21+,22-/m1/s1.